The van der Waals surface area contributed by atoms with Crippen LogP contribution in [0.4, 0.5) is 0 Å². The van der Waals surface area contributed by atoms with Crippen molar-refractivity contribution >= 4 is 23.4 Å². The fourth-order valence-electron chi connectivity index (χ4n) is 3.07. The van der Waals surface area contributed by atoms with Crippen molar-refractivity contribution in [3.8, 4) is 5.75 Å². The molecule has 0 radical (unpaired) electrons. The van der Waals surface area contributed by atoms with Gasteiger partial charge in [-0.05, 0) is 43.5 Å². The average molecular weight is 351 g/mol. The number of halogens is 1. The Labute approximate surface area is 147 Å². The lowest BCUT2D eigenvalue weighted by atomic mass is 9.84. The molecule has 1 aliphatic heterocycles. The third-order valence-electron chi connectivity index (χ3n) is 4.79. The van der Waals surface area contributed by atoms with Crippen LogP contribution in [0.1, 0.15) is 25.7 Å². The van der Waals surface area contributed by atoms with Gasteiger partial charge < -0.3 is 14.5 Å². The summed E-state index contributed by atoms with van der Waals surface area (Å²) < 4.78 is 5.53. The third kappa shape index (κ3) is 4.20. The van der Waals surface area contributed by atoms with E-state index in [-0.39, 0.29) is 24.3 Å². The molecule has 0 bridgehead atoms. The molecular formula is C18H23ClN2O3. The molecule has 2 fully saturated rings. The van der Waals surface area contributed by atoms with Crippen molar-refractivity contribution < 1.29 is 14.3 Å². The molecule has 5 nitrogen and oxygen atoms in total. The maximum absolute atomic E-state index is 12.3. The molecule has 6 heteroatoms. The number of carbonyl (C=O) groups excluding carboxylic acids is 2. The molecule has 3 rings (SSSR count). The highest BCUT2D eigenvalue weighted by Gasteiger charge is 2.30. The van der Waals surface area contributed by atoms with Gasteiger partial charge in [0.25, 0.3) is 5.91 Å². The molecule has 0 atom stereocenters. The summed E-state index contributed by atoms with van der Waals surface area (Å²) in [6, 6.07) is 6.96. The summed E-state index contributed by atoms with van der Waals surface area (Å²) in [6.45, 7) is 2.65. The van der Waals surface area contributed by atoms with Crippen LogP contribution >= 0.6 is 11.6 Å². The SMILES string of the molecule is O=C(COc1ccc(Cl)cc1)N1CCCN(C(=O)C2CCC2)CC1. The lowest BCUT2D eigenvalue weighted by molar-refractivity contribution is -0.139. The van der Waals surface area contributed by atoms with Crippen LogP contribution in [0.5, 0.6) is 5.75 Å². The molecule has 0 unspecified atom stereocenters. The number of hydrogen-bond acceptors (Lipinski definition) is 3. The van der Waals surface area contributed by atoms with Crippen molar-refractivity contribution in [3.05, 3.63) is 29.3 Å². The quantitative estimate of drug-likeness (QED) is 0.838. The molecule has 1 heterocycles. The average Bonchev–Trinajstić information content (AvgIpc) is 2.78. The standard InChI is InChI=1S/C18H23ClN2O3/c19-15-5-7-16(8-6-15)24-13-17(22)20-9-2-10-21(12-11-20)18(23)14-3-1-4-14/h5-8,14H,1-4,9-13H2. The molecule has 130 valence electrons. The summed E-state index contributed by atoms with van der Waals surface area (Å²) >= 11 is 5.83. The van der Waals surface area contributed by atoms with Gasteiger partial charge in [0.2, 0.25) is 5.91 Å². The van der Waals surface area contributed by atoms with Crippen LogP contribution in [-0.2, 0) is 9.59 Å². The van der Waals surface area contributed by atoms with Crippen LogP contribution in [0.3, 0.4) is 0 Å². The first-order chi connectivity index (χ1) is 11.6. The van der Waals surface area contributed by atoms with Crippen LogP contribution in [0.25, 0.3) is 0 Å². The zero-order valence-electron chi connectivity index (χ0n) is 13.7. The number of nitrogens with zero attached hydrogens (tertiary/aromatic N) is 2. The zero-order valence-corrected chi connectivity index (χ0v) is 14.5. The van der Waals surface area contributed by atoms with Crippen LogP contribution < -0.4 is 4.74 Å². The smallest absolute Gasteiger partial charge is 0.260 e. The van der Waals surface area contributed by atoms with Crippen molar-refractivity contribution in [2.45, 2.75) is 25.7 Å². The topological polar surface area (TPSA) is 49.9 Å². The van der Waals surface area contributed by atoms with Gasteiger partial charge in [0.15, 0.2) is 6.61 Å². The van der Waals surface area contributed by atoms with E-state index in [2.05, 4.69) is 0 Å². The monoisotopic (exact) mass is 350 g/mol. The minimum absolute atomic E-state index is 0.0121. The fourth-order valence-corrected chi connectivity index (χ4v) is 3.19. The van der Waals surface area contributed by atoms with Crippen LogP contribution in [0, 0.1) is 5.92 Å². The number of carbonyl (C=O) groups is 2. The first kappa shape index (κ1) is 17.1. The third-order valence-corrected chi connectivity index (χ3v) is 5.04. The van der Waals surface area contributed by atoms with Gasteiger partial charge in [-0.25, -0.2) is 0 Å². The number of ether oxygens (including phenoxy) is 1. The molecule has 1 saturated carbocycles. The summed E-state index contributed by atoms with van der Waals surface area (Å²) in [5, 5.41) is 0.636. The Morgan fingerprint density at radius 2 is 1.67 bits per heavy atom. The van der Waals surface area contributed by atoms with E-state index in [0.717, 1.165) is 32.2 Å². The van der Waals surface area contributed by atoms with Gasteiger partial charge in [0, 0.05) is 37.1 Å². The summed E-state index contributed by atoms with van der Waals surface area (Å²) in [7, 11) is 0. The van der Waals surface area contributed by atoms with Gasteiger partial charge in [-0.1, -0.05) is 18.0 Å². The Balaban J connectivity index is 1.47. The van der Waals surface area contributed by atoms with E-state index in [4.69, 9.17) is 16.3 Å². The van der Waals surface area contributed by atoms with E-state index in [1.165, 1.54) is 0 Å². The highest BCUT2D eigenvalue weighted by atomic mass is 35.5. The maximum atomic E-state index is 12.3. The molecule has 0 N–H and O–H groups in total. The van der Waals surface area contributed by atoms with Gasteiger partial charge in [0.05, 0.1) is 0 Å². The summed E-state index contributed by atoms with van der Waals surface area (Å²) in [4.78, 5) is 28.4. The van der Waals surface area contributed by atoms with Crippen LogP contribution in [0.2, 0.25) is 5.02 Å². The summed E-state index contributed by atoms with van der Waals surface area (Å²) in [5.74, 6) is 1.08. The van der Waals surface area contributed by atoms with Crippen molar-refractivity contribution in [1.82, 2.24) is 9.80 Å². The van der Waals surface area contributed by atoms with Crippen molar-refractivity contribution in [2.75, 3.05) is 32.8 Å². The summed E-state index contributed by atoms with van der Waals surface area (Å²) in [6.07, 6.45) is 4.03. The molecule has 1 saturated heterocycles. The molecule has 2 aliphatic rings. The minimum Gasteiger partial charge on any atom is -0.484 e. The van der Waals surface area contributed by atoms with Crippen molar-refractivity contribution in [3.63, 3.8) is 0 Å². The van der Waals surface area contributed by atoms with E-state index in [1.54, 1.807) is 29.2 Å². The Hall–Kier alpha value is -1.75. The van der Waals surface area contributed by atoms with E-state index in [9.17, 15) is 9.59 Å². The second-order valence-electron chi connectivity index (χ2n) is 6.43. The highest BCUT2D eigenvalue weighted by Crippen LogP contribution is 2.28. The Morgan fingerprint density at radius 3 is 2.33 bits per heavy atom. The second kappa shape index (κ2) is 7.88. The number of hydrogen-bond donors (Lipinski definition) is 0. The fraction of sp³-hybridized carbons (Fsp3) is 0.556. The van der Waals surface area contributed by atoms with Crippen molar-refractivity contribution in [1.29, 1.82) is 0 Å². The normalized spacial score (nSPS) is 18.7. The molecular weight excluding hydrogens is 328 g/mol. The second-order valence-corrected chi connectivity index (χ2v) is 6.87. The number of rotatable bonds is 4. The largest absolute Gasteiger partial charge is 0.484 e. The van der Waals surface area contributed by atoms with E-state index >= 15 is 0 Å². The molecule has 1 aromatic rings. The van der Waals surface area contributed by atoms with E-state index in [1.807, 2.05) is 4.90 Å². The molecule has 1 aliphatic carbocycles. The van der Waals surface area contributed by atoms with Gasteiger partial charge in [-0.2, -0.15) is 0 Å². The van der Waals surface area contributed by atoms with Crippen molar-refractivity contribution in [2.24, 2.45) is 5.92 Å². The lowest BCUT2D eigenvalue weighted by Crippen LogP contribution is -2.42. The number of benzene rings is 1. The van der Waals surface area contributed by atoms with Gasteiger partial charge >= 0.3 is 0 Å². The molecule has 24 heavy (non-hydrogen) atoms. The molecule has 2 amide bonds. The molecule has 0 spiro atoms. The predicted molar refractivity (Wildman–Crippen MR) is 92.1 cm³/mol. The Bertz CT molecular complexity index is 586. The van der Waals surface area contributed by atoms with E-state index < -0.39 is 0 Å². The predicted octanol–water partition coefficient (Wildman–Crippen LogP) is 2.58. The lowest BCUT2D eigenvalue weighted by Gasteiger charge is -2.31. The van der Waals surface area contributed by atoms with Gasteiger partial charge in [-0.3, -0.25) is 9.59 Å². The highest BCUT2D eigenvalue weighted by molar-refractivity contribution is 6.30. The maximum Gasteiger partial charge on any atom is 0.260 e. The molecule has 0 aromatic heterocycles. The summed E-state index contributed by atoms with van der Waals surface area (Å²) in [5.41, 5.74) is 0. The Kier molecular flexibility index (Phi) is 5.61. The van der Waals surface area contributed by atoms with Crippen LogP contribution in [0.15, 0.2) is 24.3 Å². The van der Waals surface area contributed by atoms with Gasteiger partial charge in [0.1, 0.15) is 5.75 Å². The van der Waals surface area contributed by atoms with Crippen LogP contribution in [-0.4, -0.2) is 54.4 Å². The molecule has 1 aromatic carbocycles. The first-order valence-corrected chi connectivity index (χ1v) is 8.96. The minimum atomic E-state index is -0.0390. The number of amides is 2. The zero-order chi connectivity index (χ0) is 16.9. The first-order valence-electron chi connectivity index (χ1n) is 8.58. The Morgan fingerprint density at radius 1 is 1.00 bits per heavy atom. The van der Waals surface area contributed by atoms with E-state index in [0.29, 0.717) is 30.4 Å². The van der Waals surface area contributed by atoms with Gasteiger partial charge in [-0.15, -0.1) is 0 Å².